The van der Waals surface area contributed by atoms with Crippen molar-refractivity contribution in [3.05, 3.63) is 64.1 Å². The van der Waals surface area contributed by atoms with E-state index >= 15 is 0 Å². The summed E-state index contributed by atoms with van der Waals surface area (Å²) in [6.07, 6.45) is 4.87. The molecule has 2 heterocycles. The van der Waals surface area contributed by atoms with Crippen molar-refractivity contribution >= 4 is 17.2 Å². The highest BCUT2D eigenvalue weighted by Crippen LogP contribution is 2.34. The summed E-state index contributed by atoms with van der Waals surface area (Å²) >= 11 is 6.38. The van der Waals surface area contributed by atoms with Crippen LogP contribution >= 0.6 is 11.6 Å². The van der Waals surface area contributed by atoms with E-state index < -0.39 is 0 Å². The number of hydrogen-bond acceptors (Lipinski definition) is 2. The molecular formula is C17H16ClN3. The van der Waals surface area contributed by atoms with Crippen LogP contribution in [0, 0.1) is 0 Å². The second-order valence-corrected chi connectivity index (χ2v) is 6.02. The monoisotopic (exact) mass is 297 g/mol. The van der Waals surface area contributed by atoms with Crippen molar-refractivity contribution in [3.63, 3.8) is 0 Å². The van der Waals surface area contributed by atoms with Gasteiger partial charge in [0.15, 0.2) is 5.65 Å². The standard InChI is InChI=1S/C17H16ClN3/c1-2-11-10-19-21-16(18)9-15(20-17(11)21)14-7-12-5-3-4-6-13(12)8-14/h3-6,9-10,14H,2,7-8H2,1H3. The lowest BCUT2D eigenvalue weighted by Gasteiger charge is -2.10. The van der Waals surface area contributed by atoms with Gasteiger partial charge >= 0.3 is 0 Å². The molecule has 0 bridgehead atoms. The van der Waals surface area contributed by atoms with Gasteiger partial charge in [0, 0.05) is 17.2 Å². The van der Waals surface area contributed by atoms with E-state index in [0.717, 1.165) is 36.2 Å². The Balaban J connectivity index is 1.78. The minimum Gasteiger partial charge on any atom is -0.233 e. The molecule has 3 aromatic rings. The Kier molecular flexibility index (Phi) is 2.96. The molecule has 1 aromatic carbocycles. The number of nitrogens with zero attached hydrogens (tertiary/aromatic N) is 3. The van der Waals surface area contributed by atoms with Crippen molar-refractivity contribution in [1.29, 1.82) is 0 Å². The first-order valence-electron chi connectivity index (χ1n) is 7.36. The highest BCUT2D eigenvalue weighted by molar-refractivity contribution is 6.29. The third-order valence-electron chi connectivity index (χ3n) is 4.37. The summed E-state index contributed by atoms with van der Waals surface area (Å²) in [5.74, 6) is 0.421. The Morgan fingerprint density at radius 1 is 1.24 bits per heavy atom. The number of benzene rings is 1. The van der Waals surface area contributed by atoms with Crippen LogP contribution in [-0.4, -0.2) is 14.6 Å². The molecule has 2 aromatic heterocycles. The Morgan fingerprint density at radius 2 is 1.95 bits per heavy atom. The predicted octanol–water partition coefficient (Wildman–Crippen LogP) is 3.83. The molecule has 0 N–H and O–H groups in total. The highest BCUT2D eigenvalue weighted by Gasteiger charge is 2.24. The van der Waals surface area contributed by atoms with Crippen molar-refractivity contribution in [1.82, 2.24) is 14.6 Å². The topological polar surface area (TPSA) is 30.2 Å². The molecule has 1 aliphatic rings. The fraction of sp³-hybridized carbons (Fsp3) is 0.294. The van der Waals surface area contributed by atoms with Crippen LogP contribution in [0.5, 0.6) is 0 Å². The van der Waals surface area contributed by atoms with E-state index in [9.17, 15) is 0 Å². The zero-order valence-corrected chi connectivity index (χ0v) is 12.6. The maximum atomic E-state index is 6.38. The van der Waals surface area contributed by atoms with Crippen molar-refractivity contribution in [2.24, 2.45) is 0 Å². The molecule has 106 valence electrons. The van der Waals surface area contributed by atoms with Gasteiger partial charge in [-0.1, -0.05) is 42.8 Å². The SMILES string of the molecule is CCc1cnn2c(Cl)cc(C3Cc4ccccc4C3)nc12. The lowest BCUT2D eigenvalue weighted by molar-refractivity contribution is 0.710. The minimum atomic E-state index is 0.421. The average Bonchev–Trinajstić information content (AvgIpc) is 3.10. The van der Waals surface area contributed by atoms with Gasteiger partial charge in [-0.15, -0.1) is 0 Å². The van der Waals surface area contributed by atoms with Crippen LogP contribution in [-0.2, 0) is 19.3 Å². The fourth-order valence-corrected chi connectivity index (χ4v) is 3.45. The molecule has 0 saturated heterocycles. The van der Waals surface area contributed by atoms with Gasteiger partial charge in [-0.05, 0) is 36.5 Å². The van der Waals surface area contributed by atoms with Crippen LogP contribution in [0.4, 0.5) is 0 Å². The maximum Gasteiger partial charge on any atom is 0.160 e. The van der Waals surface area contributed by atoms with Gasteiger partial charge in [0.2, 0.25) is 0 Å². The second kappa shape index (κ2) is 4.85. The van der Waals surface area contributed by atoms with Crippen LogP contribution in [0.1, 0.15) is 35.2 Å². The van der Waals surface area contributed by atoms with Crippen LogP contribution < -0.4 is 0 Å². The van der Waals surface area contributed by atoms with E-state index in [2.05, 4.69) is 36.3 Å². The first kappa shape index (κ1) is 12.8. The molecule has 4 rings (SSSR count). The van der Waals surface area contributed by atoms with Gasteiger partial charge < -0.3 is 0 Å². The molecule has 4 heteroatoms. The number of aryl methyl sites for hydroxylation is 1. The summed E-state index contributed by atoms with van der Waals surface area (Å²) in [5, 5.41) is 4.96. The summed E-state index contributed by atoms with van der Waals surface area (Å²) in [6, 6.07) is 10.6. The predicted molar refractivity (Wildman–Crippen MR) is 84.0 cm³/mol. The number of rotatable bonds is 2. The lowest BCUT2D eigenvalue weighted by Crippen LogP contribution is -2.05. The summed E-state index contributed by atoms with van der Waals surface area (Å²) in [7, 11) is 0. The molecule has 0 spiro atoms. The van der Waals surface area contributed by atoms with E-state index in [1.165, 1.54) is 11.1 Å². The molecule has 0 fully saturated rings. The maximum absolute atomic E-state index is 6.38. The number of hydrogen-bond donors (Lipinski definition) is 0. The molecular weight excluding hydrogens is 282 g/mol. The van der Waals surface area contributed by atoms with Crippen LogP contribution in [0.25, 0.3) is 5.65 Å². The molecule has 0 radical (unpaired) electrons. The van der Waals surface area contributed by atoms with Crippen LogP contribution in [0.15, 0.2) is 36.5 Å². The molecule has 1 aliphatic carbocycles. The highest BCUT2D eigenvalue weighted by atomic mass is 35.5. The molecule has 21 heavy (non-hydrogen) atoms. The third-order valence-corrected chi connectivity index (χ3v) is 4.64. The number of aromatic nitrogens is 3. The Morgan fingerprint density at radius 3 is 2.62 bits per heavy atom. The van der Waals surface area contributed by atoms with E-state index in [4.69, 9.17) is 16.6 Å². The quantitative estimate of drug-likeness (QED) is 0.673. The summed E-state index contributed by atoms with van der Waals surface area (Å²) < 4.78 is 1.73. The van der Waals surface area contributed by atoms with E-state index in [0.29, 0.717) is 11.1 Å². The number of halogens is 1. The molecule has 0 atom stereocenters. The van der Waals surface area contributed by atoms with Crippen LogP contribution in [0.3, 0.4) is 0 Å². The summed E-state index contributed by atoms with van der Waals surface area (Å²) in [4.78, 5) is 4.85. The summed E-state index contributed by atoms with van der Waals surface area (Å²) in [6.45, 7) is 2.12. The van der Waals surface area contributed by atoms with Crippen molar-refractivity contribution in [3.8, 4) is 0 Å². The Bertz CT molecular complexity index is 797. The van der Waals surface area contributed by atoms with E-state index in [1.54, 1.807) is 4.52 Å². The Labute approximate surface area is 128 Å². The zero-order valence-electron chi connectivity index (χ0n) is 11.9. The third kappa shape index (κ3) is 2.04. The second-order valence-electron chi connectivity index (χ2n) is 5.64. The summed E-state index contributed by atoms with van der Waals surface area (Å²) in [5.41, 5.74) is 6.00. The molecule has 3 nitrogen and oxygen atoms in total. The van der Waals surface area contributed by atoms with Gasteiger partial charge in [-0.3, -0.25) is 0 Å². The smallest absolute Gasteiger partial charge is 0.160 e. The van der Waals surface area contributed by atoms with Gasteiger partial charge in [-0.25, -0.2) is 9.50 Å². The first-order chi connectivity index (χ1) is 10.3. The van der Waals surface area contributed by atoms with Gasteiger partial charge in [0.05, 0.1) is 6.20 Å². The fourth-order valence-electron chi connectivity index (χ4n) is 3.22. The van der Waals surface area contributed by atoms with Crippen molar-refractivity contribution in [2.45, 2.75) is 32.1 Å². The van der Waals surface area contributed by atoms with Gasteiger partial charge in [0.25, 0.3) is 0 Å². The Hall–Kier alpha value is -1.87. The molecule has 0 aliphatic heterocycles. The van der Waals surface area contributed by atoms with Crippen molar-refractivity contribution < 1.29 is 0 Å². The van der Waals surface area contributed by atoms with Crippen molar-refractivity contribution in [2.75, 3.05) is 0 Å². The average molecular weight is 298 g/mol. The minimum absolute atomic E-state index is 0.421. The van der Waals surface area contributed by atoms with Gasteiger partial charge in [0.1, 0.15) is 5.15 Å². The van der Waals surface area contributed by atoms with Crippen LogP contribution in [0.2, 0.25) is 5.15 Å². The van der Waals surface area contributed by atoms with Gasteiger partial charge in [-0.2, -0.15) is 5.10 Å². The zero-order chi connectivity index (χ0) is 14.4. The molecule has 0 unspecified atom stereocenters. The largest absolute Gasteiger partial charge is 0.233 e. The van der Waals surface area contributed by atoms with E-state index in [-0.39, 0.29) is 0 Å². The first-order valence-corrected chi connectivity index (χ1v) is 7.74. The lowest BCUT2D eigenvalue weighted by atomic mass is 10.0. The van der Waals surface area contributed by atoms with E-state index in [1.807, 2.05) is 12.3 Å². The number of fused-ring (bicyclic) bond motifs is 2. The normalized spacial score (nSPS) is 14.8. The molecule has 0 amide bonds. The molecule has 0 saturated carbocycles.